The van der Waals surface area contributed by atoms with Crippen molar-refractivity contribution in [2.24, 2.45) is 11.8 Å². The molecule has 1 aliphatic heterocycles. The SMILES string of the molecule is CCNC1CCCCC1N1CCC(C(C)C)C1. The molecule has 3 atom stereocenters. The minimum atomic E-state index is 0.764. The number of rotatable bonds is 4. The zero-order valence-electron chi connectivity index (χ0n) is 11.9. The van der Waals surface area contributed by atoms with E-state index in [1.54, 1.807) is 0 Å². The Labute approximate surface area is 107 Å². The second-order valence-electron chi connectivity index (χ2n) is 6.30. The van der Waals surface area contributed by atoms with Gasteiger partial charge in [-0.25, -0.2) is 0 Å². The van der Waals surface area contributed by atoms with Gasteiger partial charge in [0.1, 0.15) is 0 Å². The second kappa shape index (κ2) is 6.19. The van der Waals surface area contributed by atoms with E-state index in [-0.39, 0.29) is 0 Å². The maximum atomic E-state index is 3.71. The van der Waals surface area contributed by atoms with E-state index in [0.29, 0.717) is 0 Å². The van der Waals surface area contributed by atoms with Crippen LogP contribution in [0, 0.1) is 11.8 Å². The highest BCUT2D eigenvalue weighted by atomic mass is 15.2. The fourth-order valence-corrected chi connectivity index (χ4v) is 3.71. The summed E-state index contributed by atoms with van der Waals surface area (Å²) in [5.41, 5.74) is 0. The molecule has 0 spiro atoms. The Bertz CT molecular complexity index is 225. The fraction of sp³-hybridized carbons (Fsp3) is 1.00. The topological polar surface area (TPSA) is 15.3 Å². The van der Waals surface area contributed by atoms with Crippen LogP contribution in [-0.2, 0) is 0 Å². The lowest BCUT2D eigenvalue weighted by molar-refractivity contribution is 0.141. The van der Waals surface area contributed by atoms with Gasteiger partial charge in [-0.15, -0.1) is 0 Å². The van der Waals surface area contributed by atoms with Gasteiger partial charge in [0.15, 0.2) is 0 Å². The van der Waals surface area contributed by atoms with Gasteiger partial charge in [0.25, 0.3) is 0 Å². The largest absolute Gasteiger partial charge is 0.313 e. The van der Waals surface area contributed by atoms with Gasteiger partial charge in [0.05, 0.1) is 0 Å². The summed E-state index contributed by atoms with van der Waals surface area (Å²) >= 11 is 0. The van der Waals surface area contributed by atoms with Gasteiger partial charge < -0.3 is 5.32 Å². The minimum absolute atomic E-state index is 0.764. The van der Waals surface area contributed by atoms with Crippen molar-refractivity contribution in [1.82, 2.24) is 10.2 Å². The monoisotopic (exact) mass is 238 g/mol. The van der Waals surface area contributed by atoms with Crippen LogP contribution >= 0.6 is 0 Å². The number of nitrogens with zero attached hydrogens (tertiary/aromatic N) is 1. The standard InChI is InChI=1S/C15H30N2/c1-4-16-14-7-5-6-8-15(14)17-10-9-13(11-17)12(2)3/h12-16H,4-11H2,1-3H3. The lowest BCUT2D eigenvalue weighted by atomic mass is 9.89. The third-order valence-corrected chi connectivity index (χ3v) is 4.86. The van der Waals surface area contributed by atoms with Crippen molar-refractivity contribution >= 4 is 0 Å². The zero-order chi connectivity index (χ0) is 12.3. The van der Waals surface area contributed by atoms with Crippen LogP contribution in [0.4, 0.5) is 0 Å². The van der Waals surface area contributed by atoms with E-state index in [1.165, 1.54) is 45.2 Å². The van der Waals surface area contributed by atoms with E-state index in [9.17, 15) is 0 Å². The quantitative estimate of drug-likeness (QED) is 0.810. The summed E-state index contributed by atoms with van der Waals surface area (Å²) in [4.78, 5) is 2.79. The molecule has 2 aliphatic rings. The van der Waals surface area contributed by atoms with E-state index in [2.05, 4.69) is 31.0 Å². The van der Waals surface area contributed by atoms with Crippen molar-refractivity contribution in [3.8, 4) is 0 Å². The summed E-state index contributed by atoms with van der Waals surface area (Å²) < 4.78 is 0. The summed E-state index contributed by atoms with van der Waals surface area (Å²) in [6.45, 7) is 10.8. The van der Waals surface area contributed by atoms with Crippen LogP contribution in [0.15, 0.2) is 0 Å². The molecule has 3 unspecified atom stereocenters. The molecule has 1 heterocycles. The average molecular weight is 238 g/mol. The molecule has 0 aromatic rings. The Morgan fingerprint density at radius 2 is 1.94 bits per heavy atom. The molecule has 0 radical (unpaired) electrons. The number of nitrogens with one attached hydrogen (secondary N) is 1. The number of likely N-dealkylation sites (N-methyl/N-ethyl adjacent to an activating group) is 1. The molecule has 1 saturated heterocycles. The molecule has 2 nitrogen and oxygen atoms in total. The summed E-state index contributed by atoms with van der Waals surface area (Å²) in [5.74, 6) is 1.81. The zero-order valence-corrected chi connectivity index (χ0v) is 11.9. The van der Waals surface area contributed by atoms with Gasteiger partial charge in [-0.2, -0.15) is 0 Å². The van der Waals surface area contributed by atoms with Crippen LogP contribution in [0.5, 0.6) is 0 Å². The molecule has 0 aromatic carbocycles. The van der Waals surface area contributed by atoms with Crippen molar-refractivity contribution in [3.63, 3.8) is 0 Å². The predicted molar refractivity (Wildman–Crippen MR) is 74.2 cm³/mol. The van der Waals surface area contributed by atoms with Crippen molar-refractivity contribution in [2.75, 3.05) is 19.6 Å². The van der Waals surface area contributed by atoms with E-state index in [4.69, 9.17) is 0 Å². The molecule has 1 N–H and O–H groups in total. The highest BCUT2D eigenvalue weighted by Gasteiger charge is 2.34. The van der Waals surface area contributed by atoms with Crippen molar-refractivity contribution < 1.29 is 0 Å². The maximum absolute atomic E-state index is 3.71. The number of likely N-dealkylation sites (tertiary alicyclic amines) is 1. The van der Waals surface area contributed by atoms with Gasteiger partial charge >= 0.3 is 0 Å². The van der Waals surface area contributed by atoms with Crippen molar-refractivity contribution in [3.05, 3.63) is 0 Å². The molecular formula is C15H30N2. The number of hydrogen-bond donors (Lipinski definition) is 1. The second-order valence-corrected chi connectivity index (χ2v) is 6.30. The molecule has 2 fully saturated rings. The Hall–Kier alpha value is -0.0800. The first-order valence-electron chi connectivity index (χ1n) is 7.69. The lowest BCUT2D eigenvalue weighted by Crippen LogP contribution is -2.51. The molecule has 17 heavy (non-hydrogen) atoms. The Morgan fingerprint density at radius 1 is 1.18 bits per heavy atom. The first-order chi connectivity index (χ1) is 8.22. The highest BCUT2D eigenvalue weighted by molar-refractivity contribution is 4.91. The third-order valence-electron chi connectivity index (χ3n) is 4.86. The van der Waals surface area contributed by atoms with Gasteiger partial charge in [-0.05, 0) is 44.2 Å². The summed E-state index contributed by atoms with van der Waals surface area (Å²) in [7, 11) is 0. The smallest absolute Gasteiger partial charge is 0.0249 e. The normalized spacial score (nSPS) is 35.6. The molecule has 2 heteroatoms. The highest BCUT2D eigenvalue weighted by Crippen LogP contribution is 2.30. The Kier molecular flexibility index (Phi) is 4.87. The molecule has 1 aliphatic carbocycles. The molecule has 0 bridgehead atoms. The molecule has 1 saturated carbocycles. The van der Waals surface area contributed by atoms with Gasteiger partial charge in [-0.1, -0.05) is 33.6 Å². The van der Waals surface area contributed by atoms with Crippen LogP contribution in [0.3, 0.4) is 0 Å². The Morgan fingerprint density at radius 3 is 2.59 bits per heavy atom. The third kappa shape index (κ3) is 3.23. The summed E-state index contributed by atoms with van der Waals surface area (Å²) in [6, 6.07) is 1.59. The van der Waals surface area contributed by atoms with Crippen LogP contribution in [-0.4, -0.2) is 36.6 Å². The maximum Gasteiger partial charge on any atom is 0.0249 e. The van der Waals surface area contributed by atoms with E-state index >= 15 is 0 Å². The summed E-state index contributed by atoms with van der Waals surface area (Å²) in [6.07, 6.45) is 7.10. The molecule has 2 rings (SSSR count). The van der Waals surface area contributed by atoms with Gasteiger partial charge in [0, 0.05) is 18.6 Å². The van der Waals surface area contributed by atoms with E-state index in [1.807, 2.05) is 0 Å². The van der Waals surface area contributed by atoms with Gasteiger partial charge in [0.2, 0.25) is 0 Å². The molecular weight excluding hydrogens is 208 g/mol. The van der Waals surface area contributed by atoms with Crippen LogP contribution in [0.25, 0.3) is 0 Å². The predicted octanol–water partition coefficient (Wildman–Crippen LogP) is 2.89. The molecule has 0 aromatic heterocycles. The Balaban J connectivity index is 1.91. The van der Waals surface area contributed by atoms with E-state index in [0.717, 1.165) is 30.5 Å². The molecule has 0 amide bonds. The first-order valence-corrected chi connectivity index (χ1v) is 7.69. The van der Waals surface area contributed by atoms with Crippen molar-refractivity contribution in [1.29, 1.82) is 0 Å². The van der Waals surface area contributed by atoms with Crippen LogP contribution in [0.1, 0.15) is 52.9 Å². The van der Waals surface area contributed by atoms with Gasteiger partial charge in [-0.3, -0.25) is 4.90 Å². The number of hydrogen-bond acceptors (Lipinski definition) is 2. The lowest BCUT2D eigenvalue weighted by Gasteiger charge is -2.38. The van der Waals surface area contributed by atoms with Crippen LogP contribution in [0.2, 0.25) is 0 Å². The fourth-order valence-electron chi connectivity index (χ4n) is 3.71. The van der Waals surface area contributed by atoms with E-state index < -0.39 is 0 Å². The average Bonchev–Trinajstić information content (AvgIpc) is 2.79. The minimum Gasteiger partial charge on any atom is -0.313 e. The summed E-state index contributed by atoms with van der Waals surface area (Å²) in [5, 5.41) is 3.71. The van der Waals surface area contributed by atoms with Crippen LogP contribution < -0.4 is 5.32 Å². The molecule has 100 valence electrons. The van der Waals surface area contributed by atoms with Crippen molar-refractivity contribution in [2.45, 2.75) is 65.0 Å². The first kappa shape index (κ1) is 13.4.